The highest BCUT2D eigenvalue weighted by molar-refractivity contribution is 9.10. The van der Waals surface area contributed by atoms with Gasteiger partial charge in [0.25, 0.3) is 0 Å². The second kappa shape index (κ2) is 6.55. The predicted octanol–water partition coefficient (Wildman–Crippen LogP) is 1.07. The molecule has 1 aromatic carbocycles. The standard InChI is InChI=1S/C11H11BrN4O/c1-2-5-17-10-4-3-8(6-9(10)12)7-15-16-11(13)14/h1,3-4,6-7H,5H2,(H4,13,14,16). The zero-order valence-corrected chi connectivity index (χ0v) is 10.5. The molecule has 1 rings (SSSR count). The Bertz CT molecular complexity index is 487. The molecule has 0 heterocycles. The lowest BCUT2D eigenvalue weighted by Crippen LogP contribution is -2.21. The number of rotatable bonds is 4. The number of benzene rings is 1. The van der Waals surface area contributed by atoms with Gasteiger partial charge in [-0.25, -0.2) is 0 Å². The molecule has 1 aromatic rings. The maximum atomic E-state index is 5.29. The molecule has 0 aliphatic carbocycles. The Kier molecular flexibility index (Phi) is 5.04. The lowest BCUT2D eigenvalue weighted by atomic mass is 10.2. The molecule has 0 saturated carbocycles. The molecule has 4 N–H and O–H groups in total. The van der Waals surface area contributed by atoms with Gasteiger partial charge in [-0.1, -0.05) is 5.92 Å². The molecule has 17 heavy (non-hydrogen) atoms. The molecule has 0 radical (unpaired) electrons. The third-order valence-electron chi connectivity index (χ3n) is 1.65. The van der Waals surface area contributed by atoms with Gasteiger partial charge in [-0.15, -0.1) is 11.5 Å². The predicted molar refractivity (Wildman–Crippen MR) is 71.9 cm³/mol. The van der Waals surface area contributed by atoms with Gasteiger partial charge in [-0.05, 0) is 39.7 Å². The van der Waals surface area contributed by atoms with Crippen molar-refractivity contribution >= 4 is 28.1 Å². The monoisotopic (exact) mass is 294 g/mol. The molecule has 6 heteroatoms. The van der Waals surface area contributed by atoms with Crippen molar-refractivity contribution in [3.05, 3.63) is 28.2 Å². The molecule has 0 aromatic heterocycles. The zero-order chi connectivity index (χ0) is 12.7. The summed E-state index contributed by atoms with van der Waals surface area (Å²) in [5.74, 6) is 2.97. The number of terminal acetylenes is 1. The summed E-state index contributed by atoms with van der Waals surface area (Å²) in [6.45, 7) is 0.222. The minimum absolute atomic E-state index is 0.0886. The van der Waals surface area contributed by atoms with Gasteiger partial charge in [0.05, 0.1) is 10.7 Å². The molecule has 88 valence electrons. The van der Waals surface area contributed by atoms with Crippen LogP contribution >= 0.6 is 15.9 Å². The minimum atomic E-state index is -0.0886. The van der Waals surface area contributed by atoms with E-state index in [4.69, 9.17) is 22.6 Å². The smallest absolute Gasteiger partial charge is 0.211 e. The first-order valence-electron chi connectivity index (χ1n) is 4.61. The van der Waals surface area contributed by atoms with Crippen LogP contribution in [0.25, 0.3) is 0 Å². The lowest BCUT2D eigenvalue weighted by molar-refractivity contribution is 0.368. The molecule has 0 aliphatic rings. The third kappa shape index (κ3) is 4.57. The Labute approximate surface area is 108 Å². The van der Waals surface area contributed by atoms with E-state index in [0.29, 0.717) is 5.75 Å². The topological polar surface area (TPSA) is 86.0 Å². The van der Waals surface area contributed by atoms with E-state index in [1.807, 2.05) is 12.1 Å². The second-order valence-electron chi connectivity index (χ2n) is 2.95. The van der Waals surface area contributed by atoms with Crippen molar-refractivity contribution < 1.29 is 4.74 Å². The van der Waals surface area contributed by atoms with Crippen LogP contribution < -0.4 is 16.2 Å². The summed E-state index contributed by atoms with van der Waals surface area (Å²) >= 11 is 3.36. The first-order chi connectivity index (χ1) is 8.13. The summed E-state index contributed by atoms with van der Waals surface area (Å²) in [4.78, 5) is 0. The quantitative estimate of drug-likeness (QED) is 0.377. The van der Waals surface area contributed by atoms with E-state index in [1.165, 1.54) is 6.21 Å². The summed E-state index contributed by atoms with van der Waals surface area (Å²) in [5.41, 5.74) is 11.1. The van der Waals surface area contributed by atoms with Crippen molar-refractivity contribution in [3.8, 4) is 18.1 Å². The van der Waals surface area contributed by atoms with Gasteiger partial charge in [0.2, 0.25) is 5.96 Å². The minimum Gasteiger partial charge on any atom is -0.480 e. The fourth-order valence-electron chi connectivity index (χ4n) is 0.996. The van der Waals surface area contributed by atoms with Crippen molar-refractivity contribution in [1.82, 2.24) is 0 Å². The van der Waals surface area contributed by atoms with Crippen LogP contribution in [0, 0.1) is 12.3 Å². The average Bonchev–Trinajstić information content (AvgIpc) is 2.27. The molecule has 0 spiro atoms. The van der Waals surface area contributed by atoms with Crippen LogP contribution in [0.5, 0.6) is 5.75 Å². The Morgan fingerprint density at radius 3 is 2.88 bits per heavy atom. The van der Waals surface area contributed by atoms with E-state index >= 15 is 0 Å². The van der Waals surface area contributed by atoms with Crippen LogP contribution in [0.2, 0.25) is 0 Å². The van der Waals surface area contributed by atoms with Crippen molar-refractivity contribution in [2.45, 2.75) is 0 Å². The molecular formula is C11H11BrN4O. The molecule has 5 nitrogen and oxygen atoms in total. The normalized spacial score (nSPS) is 9.88. The van der Waals surface area contributed by atoms with Gasteiger partial charge in [0.1, 0.15) is 12.4 Å². The van der Waals surface area contributed by atoms with E-state index in [-0.39, 0.29) is 12.6 Å². The molecule has 0 amide bonds. The van der Waals surface area contributed by atoms with E-state index in [1.54, 1.807) is 6.07 Å². The Morgan fingerprint density at radius 1 is 1.53 bits per heavy atom. The first-order valence-corrected chi connectivity index (χ1v) is 5.40. The summed E-state index contributed by atoms with van der Waals surface area (Å²) in [6, 6.07) is 5.40. The Morgan fingerprint density at radius 2 is 2.29 bits per heavy atom. The van der Waals surface area contributed by atoms with Crippen molar-refractivity contribution in [3.63, 3.8) is 0 Å². The number of nitrogens with zero attached hydrogens (tertiary/aromatic N) is 2. The highest BCUT2D eigenvalue weighted by Crippen LogP contribution is 2.25. The molecule has 0 atom stereocenters. The van der Waals surface area contributed by atoms with E-state index < -0.39 is 0 Å². The van der Waals surface area contributed by atoms with Crippen LogP contribution in [0.3, 0.4) is 0 Å². The maximum absolute atomic E-state index is 5.29. The third-order valence-corrected chi connectivity index (χ3v) is 2.27. The highest BCUT2D eigenvalue weighted by Gasteiger charge is 2.00. The summed E-state index contributed by atoms with van der Waals surface area (Å²) in [7, 11) is 0. The Balaban J connectivity index is 2.79. The summed E-state index contributed by atoms with van der Waals surface area (Å²) in [6.07, 6.45) is 6.62. The zero-order valence-electron chi connectivity index (χ0n) is 8.93. The van der Waals surface area contributed by atoms with Crippen molar-refractivity contribution in [2.24, 2.45) is 21.7 Å². The van der Waals surface area contributed by atoms with E-state index in [0.717, 1.165) is 10.0 Å². The Hall–Kier alpha value is -2.00. The van der Waals surface area contributed by atoms with Crippen LogP contribution in [0.15, 0.2) is 32.9 Å². The van der Waals surface area contributed by atoms with Gasteiger partial charge in [0.15, 0.2) is 0 Å². The van der Waals surface area contributed by atoms with Gasteiger partial charge >= 0.3 is 0 Å². The second-order valence-corrected chi connectivity index (χ2v) is 3.81. The molecule has 0 unspecified atom stereocenters. The first kappa shape index (κ1) is 13.1. The van der Waals surface area contributed by atoms with Crippen molar-refractivity contribution in [2.75, 3.05) is 6.61 Å². The number of hydrogen-bond acceptors (Lipinski definition) is 3. The summed E-state index contributed by atoms with van der Waals surface area (Å²) < 4.78 is 6.07. The van der Waals surface area contributed by atoms with E-state index in [2.05, 4.69) is 32.1 Å². The van der Waals surface area contributed by atoms with Gasteiger partial charge < -0.3 is 16.2 Å². The van der Waals surface area contributed by atoms with Crippen LogP contribution in [-0.2, 0) is 0 Å². The fraction of sp³-hybridized carbons (Fsp3) is 0.0909. The number of halogens is 1. The van der Waals surface area contributed by atoms with Crippen LogP contribution in [0.1, 0.15) is 5.56 Å². The molecule has 0 bridgehead atoms. The highest BCUT2D eigenvalue weighted by atomic mass is 79.9. The number of hydrogen-bond donors (Lipinski definition) is 2. The van der Waals surface area contributed by atoms with Crippen LogP contribution in [-0.4, -0.2) is 18.8 Å². The van der Waals surface area contributed by atoms with E-state index in [9.17, 15) is 0 Å². The number of ether oxygens (including phenoxy) is 1. The lowest BCUT2D eigenvalue weighted by Gasteiger charge is -2.05. The summed E-state index contributed by atoms with van der Waals surface area (Å²) in [5, 5.41) is 7.18. The molecule has 0 aliphatic heterocycles. The average molecular weight is 295 g/mol. The van der Waals surface area contributed by atoms with Crippen molar-refractivity contribution in [1.29, 1.82) is 0 Å². The molecular weight excluding hydrogens is 284 g/mol. The number of guanidine groups is 1. The number of nitrogens with two attached hydrogens (primary N) is 2. The largest absolute Gasteiger partial charge is 0.480 e. The van der Waals surface area contributed by atoms with Crippen LogP contribution in [0.4, 0.5) is 0 Å². The SMILES string of the molecule is C#CCOc1ccc(C=NN=C(N)N)cc1Br. The van der Waals surface area contributed by atoms with Gasteiger partial charge in [-0.3, -0.25) is 0 Å². The van der Waals surface area contributed by atoms with Gasteiger partial charge in [-0.2, -0.15) is 5.10 Å². The molecule has 0 fully saturated rings. The fourth-order valence-corrected chi connectivity index (χ4v) is 1.51. The molecule has 0 saturated heterocycles. The van der Waals surface area contributed by atoms with Gasteiger partial charge in [0, 0.05) is 0 Å². The maximum Gasteiger partial charge on any atom is 0.211 e.